The van der Waals surface area contributed by atoms with Crippen molar-refractivity contribution in [2.24, 2.45) is 0 Å². The Kier molecular flexibility index (Phi) is 4.55. The molecule has 3 N–H and O–H groups in total. The number of nitrogens with zero attached hydrogens (tertiary/aromatic N) is 3. The standard InChI is InChI=1S/C21H17N5O2/c1-13(27)14-7-9-16(10-8-14)26-20-18(22)21(25-12-24-20)28-17-6-2-4-15-5-3-11-23-19(15)17/h2-12H,22H2,1H3,(H,24,25,26). The summed E-state index contributed by atoms with van der Waals surface area (Å²) in [5.74, 6) is 1.21. The summed E-state index contributed by atoms with van der Waals surface area (Å²) in [5, 5.41) is 4.07. The van der Waals surface area contributed by atoms with Crippen molar-refractivity contribution in [2.75, 3.05) is 11.1 Å². The number of aromatic nitrogens is 3. The molecule has 0 saturated heterocycles. The first-order valence-corrected chi connectivity index (χ1v) is 8.62. The third-order valence-electron chi connectivity index (χ3n) is 4.20. The van der Waals surface area contributed by atoms with Crippen LogP contribution >= 0.6 is 0 Å². The number of Topliss-reactive ketones (excluding diaryl/α,β-unsaturated/α-hetero) is 1. The zero-order valence-corrected chi connectivity index (χ0v) is 15.1. The normalized spacial score (nSPS) is 10.6. The number of hydrogen-bond acceptors (Lipinski definition) is 7. The molecule has 0 aliphatic carbocycles. The largest absolute Gasteiger partial charge is 0.435 e. The van der Waals surface area contributed by atoms with E-state index >= 15 is 0 Å². The average Bonchev–Trinajstić information content (AvgIpc) is 2.71. The van der Waals surface area contributed by atoms with Gasteiger partial charge in [-0.1, -0.05) is 18.2 Å². The molecular weight excluding hydrogens is 354 g/mol. The van der Waals surface area contributed by atoms with Gasteiger partial charge in [-0.3, -0.25) is 9.78 Å². The summed E-state index contributed by atoms with van der Waals surface area (Å²) in [6, 6.07) is 16.5. The van der Waals surface area contributed by atoms with E-state index in [1.54, 1.807) is 30.5 Å². The fourth-order valence-corrected chi connectivity index (χ4v) is 2.75. The fraction of sp³-hybridized carbons (Fsp3) is 0.0476. The van der Waals surface area contributed by atoms with E-state index in [-0.39, 0.29) is 17.4 Å². The lowest BCUT2D eigenvalue weighted by molar-refractivity contribution is 0.101. The van der Waals surface area contributed by atoms with Gasteiger partial charge in [0.15, 0.2) is 17.4 Å². The summed E-state index contributed by atoms with van der Waals surface area (Å²) in [5.41, 5.74) is 8.58. The number of ether oxygens (including phenoxy) is 1. The van der Waals surface area contributed by atoms with Gasteiger partial charge in [0, 0.05) is 22.8 Å². The first-order chi connectivity index (χ1) is 13.6. The lowest BCUT2D eigenvalue weighted by atomic mass is 10.1. The molecule has 2 aromatic carbocycles. The number of anilines is 3. The molecule has 2 aromatic heterocycles. The number of carbonyl (C=O) groups is 1. The summed E-state index contributed by atoms with van der Waals surface area (Å²) >= 11 is 0. The molecule has 4 rings (SSSR count). The molecule has 0 bridgehead atoms. The van der Waals surface area contributed by atoms with Crippen molar-refractivity contribution in [2.45, 2.75) is 6.92 Å². The number of nitrogens with two attached hydrogens (primary N) is 1. The molecule has 0 aliphatic heterocycles. The predicted octanol–water partition coefficient (Wildman–Crippen LogP) is 4.35. The smallest absolute Gasteiger partial charge is 0.248 e. The van der Waals surface area contributed by atoms with E-state index in [9.17, 15) is 4.79 Å². The van der Waals surface area contributed by atoms with Crippen molar-refractivity contribution in [3.63, 3.8) is 0 Å². The first kappa shape index (κ1) is 17.4. The van der Waals surface area contributed by atoms with Crippen LogP contribution in [0.5, 0.6) is 11.6 Å². The van der Waals surface area contributed by atoms with Crippen LogP contribution in [0.1, 0.15) is 17.3 Å². The Bertz CT molecular complexity index is 1150. The number of rotatable bonds is 5. The van der Waals surface area contributed by atoms with Gasteiger partial charge in [0.25, 0.3) is 0 Å². The summed E-state index contributed by atoms with van der Waals surface area (Å²) in [6.07, 6.45) is 3.08. The topological polar surface area (TPSA) is 103 Å². The van der Waals surface area contributed by atoms with E-state index in [2.05, 4.69) is 20.3 Å². The third-order valence-corrected chi connectivity index (χ3v) is 4.20. The minimum absolute atomic E-state index is 0.00693. The Balaban J connectivity index is 1.62. The van der Waals surface area contributed by atoms with Crippen molar-refractivity contribution < 1.29 is 9.53 Å². The fourth-order valence-electron chi connectivity index (χ4n) is 2.75. The first-order valence-electron chi connectivity index (χ1n) is 8.62. The van der Waals surface area contributed by atoms with Crippen molar-refractivity contribution in [1.82, 2.24) is 15.0 Å². The number of nitrogen functional groups attached to an aromatic ring is 1. The van der Waals surface area contributed by atoms with Crippen LogP contribution < -0.4 is 15.8 Å². The number of benzene rings is 2. The highest BCUT2D eigenvalue weighted by molar-refractivity contribution is 5.94. The minimum atomic E-state index is 0.00693. The van der Waals surface area contributed by atoms with Crippen LogP contribution in [0.3, 0.4) is 0 Å². The zero-order chi connectivity index (χ0) is 19.5. The minimum Gasteiger partial charge on any atom is -0.435 e. The number of carbonyl (C=O) groups excluding carboxylic acids is 1. The van der Waals surface area contributed by atoms with Crippen LogP contribution in [0, 0.1) is 0 Å². The monoisotopic (exact) mass is 371 g/mol. The number of ketones is 1. The zero-order valence-electron chi connectivity index (χ0n) is 15.1. The maximum Gasteiger partial charge on any atom is 0.248 e. The molecule has 7 heteroatoms. The van der Waals surface area contributed by atoms with Crippen LogP contribution in [0.25, 0.3) is 10.9 Å². The number of para-hydroxylation sites is 1. The lowest BCUT2D eigenvalue weighted by Crippen LogP contribution is -2.03. The van der Waals surface area contributed by atoms with Gasteiger partial charge in [-0.25, -0.2) is 4.98 Å². The molecule has 7 nitrogen and oxygen atoms in total. The molecule has 4 aromatic rings. The molecule has 2 heterocycles. The second kappa shape index (κ2) is 7.32. The maximum absolute atomic E-state index is 11.4. The van der Waals surface area contributed by atoms with Crippen LogP contribution in [0.2, 0.25) is 0 Å². The van der Waals surface area contributed by atoms with Crippen molar-refractivity contribution >= 4 is 33.9 Å². The Morgan fingerprint density at radius 3 is 2.57 bits per heavy atom. The van der Waals surface area contributed by atoms with Crippen LogP contribution in [-0.4, -0.2) is 20.7 Å². The second-order valence-corrected chi connectivity index (χ2v) is 6.13. The number of nitrogens with one attached hydrogen (secondary N) is 1. The van der Waals surface area contributed by atoms with Gasteiger partial charge in [-0.2, -0.15) is 4.98 Å². The molecule has 0 unspecified atom stereocenters. The van der Waals surface area contributed by atoms with Crippen LogP contribution in [-0.2, 0) is 0 Å². The quantitative estimate of drug-likeness (QED) is 0.503. The third kappa shape index (κ3) is 3.45. The Morgan fingerprint density at radius 1 is 1.00 bits per heavy atom. The molecule has 0 aliphatic rings. The van der Waals surface area contributed by atoms with Gasteiger partial charge < -0.3 is 15.8 Å². The molecule has 0 radical (unpaired) electrons. The van der Waals surface area contributed by atoms with Crippen LogP contribution in [0.15, 0.2) is 67.1 Å². The van der Waals surface area contributed by atoms with Gasteiger partial charge in [-0.05, 0) is 43.3 Å². The van der Waals surface area contributed by atoms with Gasteiger partial charge in [-0.15, -0.1) is 0 Å². The van der Waals surface area contributed by atoms with Crippen molar-refractivity contribution in [1.29, 1.82) is 0 Å². The van der Waals surface area contributed by atoms with Gasteiger partial charge in [0.1, 0.15) is 17.5 Å². The molecule has 0 fully saturated rings. The molecule has 138 valence electrons. The molecule has 0 amide bonds. The lowest BCUT2D eigenvalue weighted by Gasteiger charge is -2.12. The van der Waals surface area contributed by atoms with E-state index < -0.39 is 0 Å². The molecule has 0 spiro atoms. The Labute approximate surface area is 161 Å². The highest BCUT2D eigenvalue weighted by Gasteiger charge is 2.13. The van der Waals surface area contributed by atoms with E-state index in [0.29, 0.717) is 17.1 Å². The second-order valence-electron chi connectivity index (χ2n) is 6.13. The van der Waals surface area contributed by atoms with E-state index in [1.165, 1.54) is 13.3 Å². The Hall–Kier alpha value is -4.00. The maximum atomic E-state index is 11.4. The highest BCUT2D eigenvalue weighted by Crippen LogP contribution is 2.33. The Morgan fingerprint density at radius 2 is 1.79 bits per heavy atom. The van der Waals surface area contributed by atoms with Gasteiger partial charge in [0.2, 0.25) is 5.88 Å². The molecule has 0 atom stereocenters. The van der Waals surface area contributed by atoms with Crippen molar-refractivity contribution in [3.8, 4) is 11.6 Å². The van der Waals surface area contributed by atoms with Crippen molar-refractivity contribution in [3.05, 3.63) is 72.7 Å². The summed E-state index contributed by atoms with van der Waals surface area (Å²) in [7, 11) is 0. The van der Waals surface area contributed by atoms with Crippen LogP contribution in [0.4, 0.5) is 17.2 Å². The van der Waals surface area contributed by atoms with Gasteiger partial charge in [0.05, 0.1) is 0 Å². The molecule has 0 saturated carbocycles. The van der Waals surface area contributed by atoms with E-state index in [0.717, 1.165) is 16.6 Å². The average molecular weight is 371 g/mol. The number of fused-ring (bicyclic) bond motifs is 1. The van der Waals surface area contributed by atoms with Gasteiger partial charge >= 0.3 is 0 Å². The SMILES string of the molecule is CC(=O)c1ccc(Nc2ncnc(Oc3cccc4cccnc34)c2N)cc1. The highest BCUT2D eigenvalue weighted by atomic mass is 16.5. The number of hydrogen-bond donors (Lipinski definition) is 2. The number of pyridine rings is 1. The summed E-state index contributed by atoms with van der Waals surface area (Å²) in [4.78, 5) is 24.1. The predicted molar refractivity (Wildman–Crippen MR) is 108 cm³/mol. The molecular formula is C21H17N5O2. The van der Waals surface area contributed by atoms with E-state index in [1.807, 2.05) is 30.3 Å². The summed E-state index contributed by atoms with van der Waals surface area (Å²) in [6.45, 7) is 1.52. The van der Waals surface area contributed by atoms with E-state index in [4.69, 9.17) is 10.5 Å². The summed E-state index contributed by atoms with van der Waals surface area (Å²) < 4.78 is 5.93. The molecule has 28 heavy (non-hydrogen) atoms.